The van der Waals surface area contributed by atoms with Crippen molar-refractivity contribution in [2.75, 3.05) is 18.0 Å². The molecule has 7 rings (SSSR count). The number of nitrogens with one attached hydrogen (secondary N) is 1. The lowest BCUT2D eigenvalue weighted by Gasteiger charge is -2.32. The van der Waals surface area contributed by atoms with Crippen LogP contribution in [0.2, 0.25) is 0 Å². The third kappa shape index (κ3) is 6.53. The molecule has 2 heterocycles. The van der Waals surface area contributed by atoms with Crippen molar-refractivity contribution in [3.63, 3.8) is 0 Å². The molecule has 4 aromatic rings. The van der Waals surface area contributed by atoms with E-state index in [4.69, 9.17) is 0 Å². The number of anilines is 1. The summed E-state index contributed by atoms with van der Waals surface area (Å²) >= 11 is 0. The molecule has 1 aliphatic carbocycles. The lowest BCUT2D eigenvalue weighted by Crippen LogP contribution is -2.46. The molecule has 238 valence electrons. The molecule has 5 nitrogen and oxygen atoms in total. The zero-order chi connectivity index (χ0) is 32.0. The van der Waals surface area contributed by atoms with Crippen LogP contribution in [-0.4, -0.2) is 35.8 Å². The second-order valence-corrected chi connectivity index (χ2v) is 12.9. The van der Waals surface area contributed by atoms with Gasteiger partial charge in [0, 0.05) is 30.4 Å². The fraction of sp³-hybridized carbons (Fsp3) is 0.286. The van der Waals surface area contributed by atoms with Crippen LogP contribution < -0.4 is 10.2 Å². The normalized spacial score (nSPS) is 18.9. The minimum atomic E-state index is -0.791. The van der Waals surface area contributed by atoms with Crippen LogP contribution >= 0.6 is 0 Å². The molecular formula is C42H43N3O2. The predicted octanol–water partition coefficient (Wildman–Crippen LogP) is 8.66. The fourth-order valence-electron chi connectivity index (χ4n) is 7.49. The van der Waals surface area contributed by atoms with Gasteiger partial charge >= 0.3 is 0 Å². The summed E-state index contributed by atoms with van der Waals surface area (Å²) in [5.74, 6) is -0.275. The number of likely N-dealkylation sites (tertiary alicyclic amines) is 1. The maximum absolute atomic E-state index is 15.1. The molecule has 1 N–H and O–H groups in total. The van der Waals surface area contributed by atoms with Crippen LogP contribution in [0.4, 0.5) is 5.69 Å². The van der Waals surface area contributed by atoms with Gasteiger partial charge in [0.2, 0.25) is 5.91 Å². The van der Waals surface area contributed by atoms with Gasteiger partial charge in [0.15, 0.2) is 0 Å². The molecule has 47 heavy (non-hydrogen) atoms. The van der Waals surface area contributed by atoms with Gasteiger partial charge in [-0.25, -0.2) is 0 Å². The molecule has 1 unspecified atom stereocenters. The lowest BCUT2D eigenvalue weighted by molar-refractivity contribution is -0.125. The smallest absolute Gasteiger partial charge is 0.260 e. The summed E-state index contributed by atoms with van der Waals surface area (Å²) in [6, 6.07) is 37.8. The van der Waals surface area contributed by atoms with Crippen LogP contribution in [0.5, 0.6) is 0 Å². The minimum Gasteiger partial charge on any atom is -0.371 e. The summed E-state index contributed by atoms with van der Waals surface area (Å²) in [4.78, 5) is 33.7. The van der Waals surface area contributed by atoms with Crippen LogP contribution in [0.3, 0.4) is 0 Å². The first-order valence-electron chi connectivity index (χ1n) is 17.3. The standard InChI is InChI=1S/C42H43N3O2/c46-41(43-34-24-12-4-13-25-34)40(33-22-10-3-11-23-33)45-37-27-15-14-26-35(37)39(42(45)47)36(31-18-6-1-7-19-31)30-38(32-20-8-2-9-21-32)44-28-16-5-17-29-44/h1-3,6-11,14-15,18-23,26-27,30,34,40H,4-5,12-13,16-17,24-25,28-29H2,(H,43,46)/b38-30+,39-36+. The summed E-state index contributed by atoms with van der Waals surface area (Å²) in [6.45, 7) is 1.96. The topological polar surface area (TPSA) is 52.7 Å². The second kappa shape index (κ2) is 14.3. The molecule has 2 aliphatic heterocycles. The van der Waals surface area contributed by atoms with Crippen LogP contribution in [0.25, 0.3) is 16.8 Å². The number of hydrogen-bond acceptors (Lipinski definition) is 3. The second-order valence-electron chi connectivity index (χ2n) is 12.9. The lowest BCUT2D eigenvalue weighted by atomic mass is 9.93. The molecule has 5 heteroatoms. The van der Waals surface area contributed by atoms with E-state index in [0.717, 1.165) is 90.8 Å². The van der Waals surface area contributed by atoms with Crippen LogP contribution in [0.1, 0.15) is 79.7 Å². The van der Waals surface area contributed by atoms with Crippen molar-refractivity contribution in [3.8, 4) is 0 Å². The molecule has 1 saturated carbocycles. The number of hydrogen-bond donors (Lipinski definition) is 1. The Balaban J connectivity index is 1.41. The summed E-state index contributed by atoms with van der Waals surface area (Å²) in [6.07, 6.45) is 11.1. The molecule has 0 radical (unpaired) electrons. The maximum Gasteiger partial charge on any atom is 0.260 e. The Bertz CT molecular complexity index is 1750. The van der Waals surface area contributed by atoms with E-state index in [1.807, 2.05) is 78.9 Å². The average Bonchev–Trinajstić information content (AvgIpc) is 3.42. The van der Waals surface area contributed by atoms with E-state index in [-0.39, 0.29) is 17.9 Å². The third-order valence-corrected chi connectivity index (χ3v) is 9.84. The Morgan fingerprint density at radius 1 is 0.681 bits per heavy atom. The van der Waals surface area contributed by atoms with Crippen molar-refractivity contribution in [1.29, 1.82) is 0 Å². The SMILES string of the molecule is O=C(NC1CCCCC1)C(c1ccccc1)N1C(=O)/C(=C(\C=C(/c2ccccc2)N2CCCCC2)c2ccccc2)c2ccccc21. The number of para-hydroxylation sites is 1. The molecule has 2 amide bonds. The Hall–Kier alpha value is -4.90. The van der Waals surface area contributed by atoms with Gasteiger partial charge in [-0.3, -0.25) is 14.5 Å². The molecule has 3 aliphatic rings. The van der Waals surface area contributed by atoms with Gasteiger partial charge in [-0.05, 0) is 66.5 Å². The monoisotopic (exact) mass is 621 g/mol. The van der Waals surface area contributed by atoms with Crippen molar-refractivity contribution in [3.05, 3.63) is 144 Å². The highest BCUT2D eigenvalue weighted by Gasteiger charge is 2.42. The van der Waals surface area contributed by atoms with E-state index in [1.165, 1.54) is 12.8 Å². The van der Waals surface area contributed by atoms with Crippen LogP contribution in [-0.2, 0) is 9.59 Å². The van der Waals surface area contributed by atoms with Crippen molar-refractivity contribution in [1.82, 2.24) is 10.2 Å². The van der Waals surface area contributed by atoms with E-state index in [2.05, 4.69) is 52.7 Å². The summed E-state index contributed by atoms with van der Waals surface area (Å²) < 4.78 is 0. The largest absolute Gasteiger partial charge is 0.371 e. The minimum absolute atomic E-state index is 0.123. The number of carbonyl (C=O) groups excluding carboxylic acids is 2. The molecule has 0 bridgehead atoms. The van der Waals surface area contributed by atoms with Gasteiger partial charge in [0.05, 0.1) is 11.3 Å². The van der Waals surface area contributed by atoms with Gasteiger partial charge in [-0.2, -0.15) is 0 Å². The number of benzene rings is 4. The molecule has 4 aromatic carbocycles. The van der Waals surface area contributed by atoms with Gasteiger partial charge in [-0.1, -0.05) is 128 Å². The summed E-state index contributed by atoms with van der Waals surface area (Å²) in [7, 11) is 0. The Labute approximate surface area is 278 Å². The zero-order valence-corrected chi connectivity index (χ0v) is 27.0. The van der Waals surface area contributed by atoms with Crippen molar-refractivity contribution in [2.24, 2.45) is 0 Å². The highest BCUT2D eigenvalue weighted by molar-refractivity contribution is 6.39. The molecular weight excluding hydrogens is 578 g/mol. The third-order valence-electron chi connectivity index (χ3n) is 9.84. The number of piperidine rings is 1. The quantitative estimate of drug-likeness (QED) is 0.200. The highest BCUT2D eigenvalue weighted by Crippen LogP contribution is 2.46. The first kappa shape index (κ1) is 30.7. The van der Waals surface area contributed by atoms with E-state index in [0.29, 0.717) is 5.57 Å². The van der Waals surface area contributed by atoms with Gasteiger partial charge in [0.1, 0.15) is 6.04 Å². The molecule has 1 atom stereocenters. The van der Waals surface area contributed by atoms with Crippen molar-refractivity contribution >= 4 is 34.3 Å². The maximum atomic E-state index is 15.1. The first-order valence-corrected chi connectivity index (χ1v) is 17.3. The van der Waals surface area contributed by atoms with Crippen molar-refractivity contribution in [2.45, 2.75) is 63.5 Å². The Morgan fingerprint density at radius 3 is 1.94 bits per heavy atom. The van der Waals surface area contributed by atoms with E-state index in [1.54, 1.807) is 4.90 Å². The zero-order valence-electron chi connectivity index (χ0n) is 27.0. The van der Waals surface area contributed by atoms with Gasteiger partial charge in [-0.15, -0.1) is 0 Å². The molecule has 1 saturated heterocycles. The van der Waals surface area contributed by atoms with Crippen LogP contribution in [0.15, 0.2) is 121 Å². The number of nitrogens with zero attached hydrogens (tertiary/aromatic N) is 2. The molecule has 2 fully saturated rings. The summed E-state index contributed by atoms with van der Waals surface area (Å²) in [5, 5.41) is 3.35. The van der Waals surface area contributed by atoms with E-state index < -0.39 is 6.04 Å². The number of allylic oxidation sites excluding steroid dienone is 2. The van der Waals surface area contributed by atoms with E-state index >= 15 is 4.79 Å². The van der Waals surface area contributed by atoms with Crippen LogP contribution in [0, 0.1) is 0 Å². The summed E-state index contributed by atoms with van der Waals surface area (Å²) in [5.41, 5.74) is 7.15. The van der Waals surface area contributed by atoms with Gasteiger partial charge < -0.3 is 10.2 Å². The number of fused-ring (bicyclic) bond motifs is 1. The number of rotatable bonds is 8. The highest BCUT2D eigenvalue weighted by atomic mass is 16.2. The number of amides is 2. The van der Waals surface area contributed by atoms with Crippen molar-refractivity contribution < 1.29 is 9.59 Å². The number of carbonyl (C=O) groups is 2. The van der Waals surface area contributed by atoms with E-state index in [9.17, 15) is 4.79 Å². The first-order chi connectivity index (χ1) is 23.2. The molecule has 0 spiro atoms. The fourth-order valence-corrected chi connectivity index (χ4v) is 7.49. The average molecular weight is 622 g/mol. The Kier molecular flexibility index (Phi) is 9.32. The molecule has 0 aromatic heterocycles. The predicted molar refractivity (Wildman–Crippen MR) is 191 cm³/mol. The Morgan fingerprint density at radius 2 is 1.26 bits per heavy atom. The van der Waals surface area contributed by atoms with Gasteiger partial charge in [0.25, 0.3) is 5.91 Å².